The largest absolute Gasteiger partial charge is 2.00 e. The number of amides is 1. The Labute approximate surface area is 217 Å². The fraction of sp³-hybridized carbons (Fsp3) is 0.240. The molecule has 1 aliphatic rings. The molecule has 30 heavy (non-hydrogen) atoms. The molecule has 0 bridgehead atoms. The Balaban J connectivity index is 0.00000160. The molecule has 0 aliphatic carbocycles. The van der Waals surface area contributed by atoms with Crippen molar-refractivity contribution in [2.45, 2.75) is 25.9 Å². The summed E-state index contributed by atoms with van der Waals surface area (Å²) in [6.07, 6.45) is 1.60. The van der Waals surface area contributed by atoms with E-state index in [4.69, 9.17) is 4.74 Å². The van der Waals surface area contributed by atoms with Gasteiger partial charge in [-0.2, -0.15) is 12.1 Å². The van der Waals surface area contributed by atoms with Gasteiger partial charge in [0.15, 0.2) is 0 Å². The first-order valence-corrected chi connectivity index (χ1v) is 9.44. The number of carbonyl (C=O) groups is 1. The van der Waals surface area contributed by atoms with E-state index in [2.05, 4.69) is 49.2 Å². The molecular weight excluding hydrogens is 533 g/mol. The molecule has 0 saturated carbocycles. The molecule has 2 aromatic carbocycles. The van der Waals surface area contributed by atoms with E-state index in [0.717, 1.165) is 16.9 Å². The van der Waals surface area contributed by atoms with Gasteiger partial charge < -0.3 is 22.0 Å². The molecule has 0 atom stereocenters. The van der Waals surface area contributed by atoms with Gasteiger partial charge in [0.25, 0.3) is 0 Å². The van der Waals surface area contributed by atoms with Crippen molar-refractivity contribution in [3.63, 3.8) is 0 Å². The number of benzene rings is 2. The van der Waals surface area contributed by atoms with Crippen molar-refractivity contribution in [3.05, 3.63) is 103 Å². The third kappa shape index (κ3) is 5.35. The minimum Gasteiger partial charge on any atom is -0.489 e. The van der Waals surface area contributed by atoms with Gasteiger partial charge in [0.1, 0.15) is 12.4 Å². The fourth-order valence-electron chi connectivity index (χ4n) is 3.65. The minimum atomic E-state index is -0.0448. The van der Waals surface area contributed by atoms with Crippen LogP contribution in [-0.2, 0) is 12.0 Å². The summed E-state index contributed by atoms with van der Waals surface area (Å²) >= 11 is 0. The van der Waals surface area contributed by atoms with Crippen LogP contribution < -0.4 is 4.74 Å². The van der Waals surface area contributed by atoms with Gasteiger partial charge in [-0.15, -0.1) is 6.07 Å². The molecule has 162 valence electrons. The Kier molecular flexibility index (Phi) is 8.72. The summed E-state index contributed by atoms with van der Waals surface area (Å²) < 4.78 is 5.98. The molecule has 1 fully saturated rings. The van der Waals surface area contributed by atoms with Crippen LogP contribution in [-0.4, -0.2) is 28.9 Å². The third-order valence-corrected chi connectivity index (χ3v) is 5.30. The summed E-state index contributed by atoms with van der Waals surface area (Å²) in [5.74, 6) is 0.862. The maximum Gasteiger partial charge on any atom is 2.00 e. The minimum absolute atomic E-state index is 0. The monoisotopic (exact) mass is 560 g/mol. The van der Waals surface area contributed by atoms with Crippen LogP contribution >= 0.6 is 0 Å². The molecule has 2 heterocycles. The number of nitrogens with zero attached hydrogens (tertiary/aromatic N) is 2. The number of aromatic nitrogens is 1. The van der Waals surface area contributed by atoms with Crippen LogP contribution in [0.4, 0.5) is 0 Å². The number of carbonyl (C=O) groups excluding carboxylic acids is 1. The number of hydrogen-bond donors (Lipinski definition) is 0. The molecule has 4 rings (SSSR count). The SMILES string of the molecule is Cc1cc(C2(C)CN(C(=O)c3c[c-]ccn3)C2)ccc1OCc1ccccc1.[CH3-].[Yb+2]. The van der Waals surface area contributed by atoms with Crippen LogP contribution in [0.1, 0.15) is 34.1 Å². The summed E-state index contributed by atoms with van der Waals surface area (Å²) in [5, 5.41) is 0. The Hall–Kier alpha value is -1.62. The molecule has 0 radical (unpaired) electrons. The van der Waals surface area contributed by atoms with Crippen LogP contribution in [0, 0.1) is 67.3 Å². The molecule has 5 heteroatoms. The third-order valence-electron chi connectivity index (χ3n) is 5.30. The summed E-state index contributed by atoms with van der Waals surface area (Å²) in [4.78, 5) is 18.5. The fourth-order valence-corrected chi connectivity index (χ4v) is 3.65. The zero-order chi connectivity index (χ0) is 19.6. The summed E-state index contributed by atoms with van der Waals surface area (Å²) in [6.45, 7) is 6.19. The zero-order valence-electron chi connectivity index (χ0n) is 17.5. The van der Waals surface area contributed by atoms with Crippen molar-refractivity contribution in [3.8, 4) is 5.75 Å². The molecule has 0 N–H and O–H groups in total. The summed E-state index contributed by atoms with van der Waals surface area (Å²) in [5.41, 5.74) is 3.90. The topological polar surface area (TPSA) is 42.4 Å². The second-order valence-electron chi connectivity index (χ2n) is 7.62. The average molecular weight is 560 g/mol. The van der Waals surface area contributed by atoms with E-state index < -0.39 is 0 Å². The van der Waals surface area contributed by atoms with Crippen molar-refractivity contribution < 1.29 is 56.5 Å². The summed E-state index contributed by atoms with van der Waals surface area (Å²) in [7, 11) is 0. The van der Waals surface area contributed by atoms with Gasteiger partial charge in [-0.1, -0.05) is 55.6 Å². The van der Waals surface area contributed by atoms with Gasteiger partial charge in [0.2, 0.25) is 5.91 Å². The second kappa shape index (κ2) is 10.6. The molecule has 1 aliphatic heterocycles. The van der Waals surface area contributed by atoms with Crippen molar-refractivity contribution in [1.29, 1.82) is 0 Å². The maximum atomic E-state index is 12.5. The molecule has 1 amide bonds. The first kappa shape index (κ1) is 24.6. The first-order chi connectivity index (χ1) is 13.5. The Morgan fingerprint density at radius 3 is 2.57 bits per heavy atom. The van der Waals surface area contributed by atoms with Crippen molar-refractivity contribution >= 4 is 5.91 Å². The molecule has 0 unspecified atom stereocenters. The van der Waals surface area contributed by atoms with E-state index in [1.54, 1.807) is 18.3 Å². The van der Waals surface area contributed by atoms with E-state index in [-0.39, 0.29) is 65.7 Å². The van der Waals surface area contributed by atoms with Crippen LogP contribution in [0.15, 0.2) is 66.9 Å². The molecule has 1 saturated heterocycles. The molecular formula is C25H26N2O2Yb. The Bertz CT molecular complexity index is 971. The molecule has 3 aromatic rings. The van der Waals surface area contributed by atoms with Crippen LogP contribution in [0.3, 0.4) is 0 Å². The number of likely N-dealkylation sites (tertiary alicyclic amines) is 1. The van der Waals surface area contributed by atoms with E-state index in [1.807, 2.05) is 29.2 Å². The van der Waals surface area contributed by atoms with Gasteiger partial charge in [0.05, 0.1) is 0 Å². The molecule has 0 spiro atoms. The van der Waals surface area contributed by atoms with Gasteiger partial charge in [0, 0.05) is 24.2 Å². The Morgan fingerprint density at radius 2 is 1.93 bits per heavy atom. The van der Waals surface area contributed by atoms with Crippen molar-refractivity contribution in [2.24, 2.45) is 0 Å². The van der Waals surface area contributed by atoms with Crippen molar-refractivity contribution in [1.82, 2.24) is 9.88 Å². The van der Waals surface area contributed by atoms with E-state index in [9.17, 15) is 4.79 Å². The zero-order valence-corrected chi connectivity index (χ0v) is 19.2. The van der Waals surface area contributed by atoms with Gasteiger partial charge >= 0.3 is 46.9 Å². The predicted molar refractivity (Wildman–Crippen MR) is 115 cm³/mol. The quantitative estimate of drug-likeness (QED) is 0.428. The van der Waals surface area contributed by atoms with Crippen LogP contribution in [0.25, 0.3) is 0 Å². The standard InChI is InChI=1S/C24H23N2O2.CH3.Yb/c1-18-14-20(11-12-22(18)28-15-19-8-4-3-5-9-19)24(2)16-26(17-24)23(27)21-10-6-7-13-25-21;;/h3-5,7-14H,15-17H2,1-2H3;1H3;/q2*-1;+2. The maximum absolute atomic E-state index is 12.5. The van der Waals surface area contributed by atoms with E-state index in [1.165, 1.54) is 5.56 Å². The van der Waals surface area contributed by atoms with Gasteiger partial charge in [-0.25, -0.2) is 0 Å². The number of rotatable bonds is 5. The summed E-state index contributed by atoms with van der Waals surface area (Å²) in [6, 6.07) is 22.7. The number of aryl methyl sites for hydroxylation is 1. The smallest absolute Gasteiger partial charge is 0.489 e. The Morgan fingerprint density at radius 1 is 1.20 bits per heavy atom. The van der Waals surface area contributed by atoms with E-state index in [0.29, 0.717) is 25.4 Å². The molecule has 1 aromatic heterocycles. The van der Waals surface area contributed by atoms with Gasteiger partial charge in [-0.3, -0.25) is 4.79 Å². The number of ether oxygens (including phenoxy) is 1. The van der Waals surface area contributed by atoms with E-state index >= 15 is 0 Å². The normalized spacial score (nSPS) is 14.0. The second-order valence-corrected chi connectivity index (χ2v) is 7.62. The van der Waals surface area contributed by atoms with Crippen molar-refractivity contribution in [2.75, 3.05) is 13.1 Å². The van der Waals surface area contributed by atoms with Crippen LogP contribution in [0.5, 0.6) is 5.75 Å². The number of pyridine rings is 1. The van der Waals surface area contributed by atoms with Crippen LogP contribution in [0.2, 0.25) is 0 Å². The van der Waals surface area contributed by atoms with Gasteiger partial charge in [-0.05, 0) is 29.7 Å². The number of hydrogen-bond acceptors (Lipinski definition) is 3. The molecule has 4 nitrogen and oxygen atoms in total. The average Bonchev–Trinajstić information content (AvgIpc) is 2.71. The first-order valence-electron chi connectivity index (χ1n) is 9.44. The predicted octanol–water partition coefficient (Wildman–Crippen LogP) is 4.63.